The maximum Gasteiger partial charge on any atom is 0.315 e. The molecule has 0 bridgehead atoms. The minimum atomic E-state index is -0.556. The second kappa shape index (κ2) is 10.6. The molecule has 0 saturated carbocycles. The third-order valence-electron chi connectivity index (χ3n) is 3.16. The number of nitrogens with zero attached hydrogens (tertiary/aromatic N) is 1. The minimum Gasteiger partial charge on any atom is -0.492 e. The van der Waals surface area contributed by atoms with Crippen LogP contribution in [-0.4, -0.2) is 51.6 Å². The molecule has 0 spiro atoms. The Labute approximate surface area is 140 Å². The largest absolute Gasteiger partial charge is 0.492 e. The molecule has 0 heterocycles. The van der Waals surface area contributed by atoms with E-state index >= 15 is 0 Å². The van der Waals surface area contributed by atoms with Crippen molar-refractivity contribution in [3.63, 3.8) is 0 Å². The lowest BCUT2D eigenvalue weighted by Gasteiger charge is -2.18. The number of unbranched alkanes of at least 4 members (excludes halogenated alkanes) is 1. The van der Waals surface area contributed by atoms with E-state index in [9.17, 15) is 10.1 Å². The summed E-state index contributed by atoms with van der Waals surface area (Å²) in [5.74, 6) is 0.595. The second-order valence-electron chi connectivity index (χ2n) is 4.77. The lowest BCUT2D eigenvalue weighted by atomic mass is 10.0. The van der Waals surface area contributed by atoms with Gasteiger partial charge in [0.05, 0.1) is 18.1 Å². The molecule has 0 amide bonds. The van der Waals surface area contributed by atoms with E-state index in [-0.39, 0.29) is 37.4 Å². The van der Waals surface area contributed by atoms with E-state index in [1.165, 1.54) is 27.4 Å². The van der Waals surface area contributed by atoms with Crippen LogP contribution in [-0.2, 0) is 15.9 Å². The van der Waals surface area contributed by atoms with Gasteiger partial charge in [-0.15, -0.1) is 0 Å². The van der Waals surface area contributed by atoms with Gasteiger partial charge in [0.1, 0.15) is 0 Å². The molecule has 0 aliphatic heterocycles. The third-order valence-corrected chi connectivity index (χ3v) is 3.16. The van der Waals surface area contributed by atoms with Crippen LogP contribution in [0.1, 0.15) is 18.4 Å². The van der Waals surface area contributed by atoms with Crippen LogP contribution >= 0.6 is 0 Å². The van der Waals surface area contributed by atoms with Crippen molar-refractivity contribution in [1.82, 2.24) is 0 Å². The quantitative estimate of drug-likeness (QED) is 0.265. The van der Waals surface area contributed by atoms with E-state index in [1.54, 1.807) is 0 Å². The fourth-order valence-corrected chi connectivity index (χ4v) is 2.17. The van der Waals surface area contributed by atoms with Crippen LogP contribution in [0.5, 0.6) is 17.2 Å². The van der Waals surface area contributed by atoms with E-state index < -0.39 is 4.92 Å². The van der Waals surface area contributed by atoms with E-state index in [1.807, 2.05) is 0 Å². The zero-order valence-corrected chi connectivity index (χ0v) is 14.1. The molecule has 0 unspecified atom stereocenters. The fourth-order valence-electron chi connectivity index (χ4n) is 2.17. The molecule has 24 heavy (non-hydrogen) atoms. The number of hydrogen-bond acceptors (Lipinski definition) is 8. The summed E-state index contributed by atoms with van der Waals surface area (Å²) in [6, 6.07) is 1.23. The minimum absolute atomic E-state index is 0.0263. The first kappa shape index (κ1) is 19.9. The van der Waals surface area contributed by atoms with Gasteiger partial charge in [-0.05, 0) is 19.3 Å². The smallest absolute Gasteiger partial charge is 0.315 e. The third kappa shape index (κ3) is 5.22. The number of aliphatic hydroxyl groups excluding tert-OH is 1. The highest BCUT2D eigenvalue weighted by molar-refractivity contribution is 5.64. The number of nitro benzene ring substituents is 1. The maximum absolute atomic E-state index is 11.4. The van der Waals surface area contributed by atoms with Crippen molar-refractivity contribution in [3.05, 3.63) is 21.7 Å². The summed E-state index contributed by atoms with van der Waals surface area (Å²) in [5, 5.41) is 20.4. The van der Waals surface area contributed by atoms with Gasteiger partial charge in [-0.2, -0.15) is 0 Å². The molecular formula is C15H23NO8. The van der Waals surface area contributed by atoms with Crippen LogP contribution in [0.4, 0.5) is 5.69 Å². The summed E-state index contributed by atoms with van der Waals surface area (Å²) in [7, 11) is 4.31. The van der Waals surface area contributed by atoms with E-state index in [2.05, 4.69) is 0 Å². The summed E-state index contributed by atoms with van der Waals surface area (Å²) in [4.78, 5) is 10.9. The Balaban J connectivity index is 3.40. The predicted octanol–water partition coefficient (Wildman–Crippen LogP) is 1.88. The maximum atomic E-state index is 11.4. The van der Waals surface area contributed by atoms with Gasteiger partial charge in [0.15, 0.2) is 25.1 Å². The lowest BCUT2D eigenvalue weighted by molar-refractivity contribution is -0.386. The Morgan fingerprint density at radius 3 is 2.29 bits per heavy atom. The highest BCUT2D eigenvalue weighted by Gasteiger charge is 2.27. The fraction of sp³-hybridized carbons (Fsp3) is 0.600. The van der Waals surface area contributed by atoms with Crippen LogP contribution in [0.25, 0.3) is 0 Å². The summed E-state index contributed by atoms with van der Waals surface area (Å²) >= 11 is 0. The van der Waals surface area contributed by atoms with Crippen LogP contribution < -0.4 is 14.2 Å². The van der Waals surface area contributed by atoms with Crippen molar-refractivity contribution >= 4 is 5.69 Å². The molecule has 1 rings (SSSR count). The van der Waals surface area contributed by atoms with Crippen LogP contribution in [0.3, 0.4) is 0 Å². The normalized spacial score (nSPS) is 10.5. The van der Waals surface area contributed by atoms with Gasteiger partial charge < -0.3 is 28.8 Å². The molecule has 1 aromatic rings. The van der Waals surface area contributed by atoms with Crippen LogP contribution in [0.2, 0.25) is 0 Å². The van der Waals surface area contributed by atoms with Crippen molar-refractivity contribution in [3.8, 4) is 17.2 Å². The van der Waals surface area contributed by atoms with Gasteiger partial charge in [0, 0.05) is 26.4 Å². The molecule has 0 aliphatic rings. The first-order valence-corrected chi connectivity index (χ1v) is 7.33. The van der Waals surface area contributed by atoms with E-state index in [0.717, 1.165) is 0 Å². The monoisotopic (exact) mass is 345 g/mol. The van der Waals surface area contributed by atoms with Crippen LogP contribution in [0.15, 0.2) is 6.07 Å². The lowest BCUT2D eigenvalue weighted by Crippen LogP contribution is -2.09. The number of benzene rings is 1. The Morgan fingerprint density at radius 2 is 1.75 bits per heavy atom. The van der Waals surface area contributed by atoms with Crippen molar-refractivity contribution in [1.29, 1.82) is 0 Å². The summed E-state index contributed by atoms with van der Waals surface area (Å²) < 4.78 is 25.9. The molecule has 1 aromatic carbocycles. The molecule has 0 aliphatic carbocycles. The van der Waals surface area contributed by atoms with E-state index in [0.29, 0.717) is 30.6 Å². The van der Waals surface area contributed by atoms with Gasteiger partial charge in [-0.25, -0.2) is 0 Å². The molecular weight excluding hydrogens is 322 g/mol. The van der Waals surface area contributed by atoms with Gasteiger partial charge in [-0.1, -0.05) is 0 Å². The summed E-state index contributed by atoms with van der Waals surface area (Å²) in [6.07, 6.45) is 1.55. The molecule has 0 saturated heterocycles. The van der Waals surface area contributed by atoms with Crippen molar-refractivity contribution in [2.24, 2.45) is 0 Å². The first-order valence-electron chi connectivity index (χ1n) is 7.33. The highest BCUT2D eigenvalue weighted by Crippen LogP contribution is 2.45. The zero-order valence-electron chi connectivity index (χ0n) is 14.1. The molecule has 9 nitrogen and oxygen atoms in total. The molecule has 0 radical (unpaired) electrons. The molecule has 0 atom stereocenters. The molecule has 136 valence electrons. The van der Waals surface area contributed by atoms with Crippen molar-refractivity contribution in [2.75, 3.05) is 41.5 Å². The number of methoxy groups -OCH3 is 3. The van der Waals surface area contributed by atoms with Gasteiger partial charge >= 0.3 is 5.69 Å². The number of aliphatic hydroxyl groups is 1. The number of hydrogen-bond donors (Lipinski definition) is 1. The summed E-state index contributed by atoms with van der Waals surface area (Å²) in [5.41, 5.74) is 0.237. The predicted molar refractivity (Wildman–Crippen MR) is 84.7 cm³/mol. The molecule has 1 N–H and O–H groups in total. The van der Waals surface area contributed by atoms with Gasteiger partial charge in [0.25, 0.3) is 0 Å². The molecule has 0 fully saturated rings. The van der Waals surface area contributed by atoms with Crippen molar-refractivity contribution in [2.45, 2.75) is 19.3 Å². The first-order chi connectivity index (χ1) is 11.6. The highest BCUT2D eigenvalue weighted by atomic mass is 16.7. The second-order valence-corrected chi connectivity index (χ2v) is 4.77. The molecule has 0 aromatic heterocycles. The molecule has 9 heteroatoms. The average molecular weight is 345 g/mol. The van der Waals surface area contributed by atoms with Crippen LogP contribution in [0, 0.1) is 10.1 Å². The van der Waals surface area contributed by atoms with Gasteiger partial charge in [0.2, 0.25) is 5.75 Å². The SMILES string of the molecule is COCOc1cc([N+](=O)[O-])c(OCOC)c(CCCCO)c1OC. The Kier molecular flexibility index (Phi) is 8.84. The number of rotatable bonds is 12. The summed E-state index contributed by atoms with van der Waals surface area (Å²) in [6.45, 7) is -0.199. The van der Waals surface area contributed by atoms with Crippen molar-refractivity contribution < 1.29 is 33.7 Å². The zero-order chi connectivity index (χ0) is 17.9. The number of ether oxygens (including phenoxy) is 5. The topological polar surface area (TPSA) is 110 Å². The Hall–Kier alpha value is -2.10. The van der Waals surface area contributed by atoms with Gasteiger partial charge in [-0.3, -0.25) is 10.1 Å². The standard InChI is InChI=1S/C15H23NO8/c1-20-9-23-13-8-12(16(18)19)14(24-10-21-2)11(15(13)22-3)6-4-5-7-17/h8,17H,4-7,9-10H2,1-3H3. The van der Waals surface area contributed by atoms with E-state index in [4.69, 9.17) is 28.8 Å². The Bertz CT molecular complexity index is 535. The average Bonchev–Trinajstić information content (AvgIpc) is 2.58. The number of nitro groups is 1. The Morgan fingerprint density at radius 1 is 1.08 bits per heavy atom.